The second-order valence-corrected chi connectivity index (χ2v) is 8.92. The van der Waals surface area contributed by atoms with Gasteiger partial charge in [-0.25, -0.2) is 17.9 Å². The first kappa shape index (κ1) is 18.9. The number of urea groups is 1. The van der Waals surface area contributed by atoms with Gasteiger partial charge in [-0.05, 0) is 42.4 Å². The van der Waals surface area contributed by atoms with Crippen LogP contribution in [0.25, 0.3) is 6.08 Å². The van der Waals surface area contributed by atoms with Crippen LogP contribution in [0.5, 0.6) is 0 Å². The van der Waals surface area contributed by atoms with E-state index in [2.05, 4.69) is 19.2 Å². The Labute approximate surface area is 155 Å². The van der Waals surface area contributed by atoms with Crippen molar-refractivity contribution in [2.45, 2.75) is 51.2 Å². The van der Waals surface area contributed by atoms with Gasteiger partial charge in [-0.1, -0.05) is 38.1 Å². The van der Waals surface area contributed by atoms with Gasteiger partial charge in [0.25, 0.3) is 10.0 Å². The molecule has 3 atom stereocenters. The van der Waals surface area contributed by atoms with Gasteiger partial charge in [0.1, 0.15) is 0 Å². The monoisotopic (exact) mass is 378 g/mol. The van der Waals surface area contributed by atoms with Crippen LogP contribution in [0.2, 0.25) is 0 Å². The minimum Gasteiger partial charge on any atom is -0.375 e. The van der Waals surface area contributed by atoms with Crippen LogP contribution in [0.1, 0.15) is 50.2 Å². The van der Waals surface area contributed by atoms with Crippen molar-refractivity contribution in [2.75, 3.05) is 6.54 Å². The molecule has 2 saturated heterocycles. The van der Waals surface area contributed by atoms with Gasteiger partial charge in [-0.15, -0.1) is 0 Å². The lowest BCUT2D eigenvalue weighted by atomic mass is 9.89. The van der Waals surface area contributed by atoms with Crippen LogP contribution in [-0.4, -0.2) is 33.2 Å². The molecule has 0 aliphatic carbocycles. The van der Waals surface area contributed by atoms with E-state index in [1.54, 1.807) is 0 Å². The van der Waals surface area contributed by atoms with Crippen LogP contribution in [0.3, 0.4) is 0 Å². The fourth-order valence-corrected chi connectivity index (χ4v) is 4.28. The molecule has 3 unspecified atom stereocenters. The summed E-state index contributed by atoms with van der Waals surface area (Å²) in [6.45, 7) is 4.63. The minimum atomic E-state index is -3.84. The van der Waals surface area contributed by atoms with Gasteiger partial charge < -0.3 is 10.1 Å². The quantitative estimate of drug-likeness (QED) is 0.797. The highest BCUT2D eigenvalue weighted by Crippen LogP contribution is 2.38. The second-order valence-electron chi connectivity index (χ2n) is 7.35. The summed E-state index contributed by atoms with van der Waals surface area (Å²) in [5, 5.41) is 3.65. The van der Waals surface area contributed by atoms with Crippen molar-refractivity contribution < 1.29 is 17.9 Å². The van der Waals surface area contributed by atoms with Crippen molar-refractivity contribution in [1.82, 2.24) is 10.0 Å². The Morgan fingerprint density at radius 3 is 2.58 bits per heavy atom. The Morgan fingerprint density at radius 1 is 1.27 bits per heavy atom. The Kier molecular flexibility index (Phi) is 5.67. The zero-order chi connectivity index (χ0) is 18.7. The standard InChI is InChI=1S/C19H26N2O4S/c1-13(2)15-5-3-14(4-6-15)9-10-26(23,24)21-19(22)20-12-16-11-17-7-8-18(16)25-17/h3-6,9-10,13,16-18H,7-8,11-12H2,1-2H3,(H2,20,21,22). The van der Waals surface area contributed by atoms with E-state index in [0.717, 1.165) is 30.2 Å². The molecule has 3 rings (SSSR count). The maximum atomic E-state index is 12.0. The van der Waals surface area contributed by atoms with Crippen molar-refractivity contribution in [3.8, 4) is 0 Å². The Hall–Kier alpha value is -1.86. The first-order valence-corrected chi connectivity index (χ1v) is 10.6. The zero-order valence-corrected chi connectivity index (χ0v) is 16.0. The molecule has 142 valence electrons. The highest BCUT2D eigenvalue weighted by atomic mass is 32.2. The molecular formula is C19H26N2O4S. The number of sulfonamides is 1. The molecule has 1 aromatic carbocycles. The number of rotatable bonds is 6. The summed E-state index contributed by atoms with van der Waals surface area (Å²) in [7, 11) is -3.84. The van der Waals surface area contributed by atoms with Crippen LogP contribution >= 0.6 is 0 Å². The normalized spacial score (nSPS) is 25.1. The number of carbonyl (C=O) groups excluding carboxylic acids is 1. The third-order valence-corrected chi connectivity index (χ3v) is 6.00. The molecule has 6 nitrogen and oxygen atoms in total. The first-order chi connectivity index (χ1) is 12.3. The number of nitrogens with one attached hydrogen (secondary N) is 2. The van der Waals surface area contributed by atoms with Crippen LogP contribution in [0, 0.1) is 5.92 Å². The molecular weight excluding hydrogens is 352 g/mol. The van der Waals surface area contributed by atoms with Crippen molar-refractivity contribution in [3.05, 3.63) is 40.8 Å². The molecule has 0 aromatic heterocycles. The molecule has 2 heterocycles. The summed E-state index contributed by atoms with van der Waals surface area (Å²) >= 11 is 0. The largest absolute Gasteiger partial charge is 0.375 e. The van der Waals surface area contributed by atoms with E-state index in [1.165, 1.54) is 11.6 Å². The third-order valence-electron chi connectivity index (χ3n) is 5.03. The van der Waals surface area contributed by atoms with Gasteiger partial charge in [0, 0.05) is 12.5 Å². The summed E-state index contributed by atoms with van der Waals surface area (Å²) in [4.78, 5) is 11.9. The maximum Gasteiger partial charge on any atom is 0.328 e. The molecule has 2 aliphatic rings. The topological polar surface area (TPSA) is 84.5 Å². The van der Waals surface area contributed by atoms with E-state index in [4.69, 9.17) is 4.74 Å². The van der Waals surface area contributed by atoms with E-state index in [0.29, 0.717) is 18.6 Å². The molecule has 2 aliphatic heterocycles. The van der Waals surface area contributed by atoms with Crippen LogP contribution in [0.15, 0.2) is 29.7 Å². The Balaban J connectivity index is 1.48. The summed E-state index contributed by atoms with van der Waals surface area (Å²) in [5.41, 5.74) is 1.95. The maximum absolute atomic E-state index is 12.0. The Bertz CT molecular complexity index is 771. The van der Waals surface area contributed by atoms with Crippen molar-refractivity contribution in [2.24, 2.45) is 5.92 Å². The number of carbonyl (C=O) groups is 1. The molecule has 2 fully saturated rings. The number of hydrogen-bond acceptors (Lipinski definition) is 4. The molecule has 1 aromatic rings. The highest BCUT2D eigenvalue weighted by molar-refractivity contribution is 7.93. The van der Waals surface area contributed by atoms with Gasteiger partial charge in [-0.2, -0.15) is 0 Å². The molecule has 0 saturated carbocycles. The average molecular weight is 378 g/mol. The summed E-state index contributed by atoms with van der Waals surface area (Å²) in [6, 6.07) is 6.95. The van der Waals surface area contributed by atoms with E-state index in [-0.39, 0.29) is 12.0 Å². The van der Waals surface area contributed by atoms with E-state index in [9.17, 15) is 13.2 Å². The van der Waals surface area contributed by atoms with Gasteiger partial charge in [-0.3, -0.25) is 0 Å². The number of amides is 2. The number of ether oxygens (including phenoxy) is 1. The predicted molar refractivity (Wildman–Crippen MR) is 101 cm³/mol. The van der Waals surface area contributed by atoms with Crippen LogP contribution in [-0.2, 0) is 14.8 Å². The molecule has 2 N–H and O–H groups in total. The van der Waals surface area contributed by atoms with Crippen LogP contribution in [0.4, 0.5) is 4.79 Å². The van der Waals surface area contributed by atoms with Crippen molar-refractivity contribution in [1.29, 1.82) is 0 Å². The van der Waals surface area contributed by atoms with E-state index >= 15 is 0 Å². The zero-order valence-electron chi connectivity index (χ0n) is 15.1. The van der Waals surface area contributed by atoms with Crippen LogP contribution < -0.4 is 10.0 Å². The predicted octanol–water partition coefficient (Wildman–Crippen LogP) is 2.98. The van der Waals surface area contributed by atoms with Gasteiger partial charge in [0.05, 0.1) is 17.6 Å². The molecule has 2 bridgehead atoms. The lowest BCUT2D eigenvalue weighted by Crippen LogP contribution is -2.42. The van der Waals surface area contributed by atoms with E-state index < -0.39 is 16.1 Å². The minimum absolute atomic E-state index is 0.200. The number of hydrogen-bond donors (Lipinski definition) is 2. The Morgan fingerprint density at radius 2 is 2.00 bits per heavy atom. The fraction of sp³-hybridized carbons (Fsp3) is 0.526. The molecule has 0 spiro atoms. The van der Waals surface area contributed by atoms with Gasteiger partial charge in [0.2, 0.25) is 0 Å². The molecule has 7 heteroatoms. The molecule has 26 heavy (non-hydrogen) atoms. The average Bonchev–Trinajstić information content (AvgIpc) is 3.21. The van der Waals surface area contributed by atoms with Gasteiger partial charge in [0.15, 0.2) is 0 Å². The van der Waals surface area contributed by atoms with Crippen molar-refractivity contribution in [3.63, 3.8) is 0 Å². The van der Waals surface area contributed by atoms with Crippen molar-refractivity contribution >= 4 is 22.1 Å². The summed E-state index contributed by atoms with van der Waals surface area (Å²) < 4.78 is 31.8. The summed E-state index contributed by atoms with van der Waals surface area (Å²) in [6.07, 6.45) is 5.03. The first-order valence-electron chi connectivity index (χ1n) is 9.06. The van der Waals surface area contributed by atoms with E-state index in [1.807, 2.05) is 29.0 Å². The second kappa shape index (κ2) is 7.80. The molecule has 0 radical (unpaired) electrons. The molecule has 2 amide bonds. The lowest BCUT2D eigenvalue weighted by Gasteiger charge is -2.18. The number of fused-ring (bicyclic) bond motifs is 2. The SMILES string of the molecule is CC(C)c1ccc(C=CS(=O)(=O)NC(=O)NCC2CC3CCC2O3)cc1. The third kappa shape index (κ3) is 4.86. The smallest absolute Gasteiger partial charge is 0.328 e. The number of benzene rings is 1. The fourth-order valence-electron chi connectivity index (χ4n) is 3.54. The lowest BCUT2D eigenvalue weighted by molar-refractivity contribution is 0.0928. The summed E-state index contributed by atoms with van der Waals surface area (Å²) in [5.74, 6) is 0.694. The highest BCUT2D eigenvalue weighted by Gasteiger charge is 2.40. The van der Waals surface area contributed by atoms with Gasteiger partial charge >= 0.3 is 6.03 Å².